The highest BCUT2D eigenvalue weighted by Gasteiger charge is 2.50. The van der Waals surface area contributed by atoms with E-state index < -0.39 is 5.54 Å². The Morgan fingerprint density at radius 3 is 2.75 bits per heavy atom. The van der Waals surface area contributed by atoms with Crippen LogP contribution in [-0.4, -0.2) is 31.4 Å². The van der Waals surface area contributed by atoms with E-state index in [0.717, 1.165) is 29.2 Å². The van der Waals surface area contributed by atoms with Crippen LogP contribution in [0, 0.1) is 5.92 Å². The number of halogens is 1. The molecular formula is C15H20ClNO2S. The molecule has 20 heavy (non-hydrogen) atoms. The van der Waals surface area contributed by atoms with Gasteiger partial charge in [-0.3, -0.25) is 4.79 Å². The maximum Gasteiger partial charge on any atom is 0.327 e. The predicted molar refractivity (Wildman–Crippen MR) is 84.1 cm³/mol. The fraction of sp³-hybridized carbons (Fsp3) is 0.533. The van der Waals surface area contributed by atoms with Gasteiger partial charge in [-0.1, -0.05) is 29.8 Å². The molecule has 1 unspecified atom stereocenters. The molecule has 0 aromatic heterocycles. The summed E-state index contributed by atoms with van der Waals surface area (Å²) in [6, 6.07) is 7.82. The molecule has 0 heterocycles. The van der Waals surface area contributed by atoms with Gasteiger partial charge in [0.2, 0.25) is 0 Å². The number of nitrogens with one attached hydrogen (secondary N) is 1. The van der Waals surface area contributed by atoms with E-state index in [2.05, 4.69) is 5.32 Å². The molecule has 1 aliphatic carbocycles. The first kappa shape index (κ1) is 15.7. The van der Waals surface area contributed by atoms with Crippen LogP contribution < -0.4 is 5.32 Å². The number of hydrogen-bond acceptors (Lipinski definition) is 4. The van der Waals surface area contributed by atoms with Crippen LogP contribution in [0.3, 0.4) is 0 Å². The molecule has 1 fully saturated rings. The maximum absolute atomic E-state index is 12.1. The van der Waals surface area contributed by atoms with E-state index in [9.17, 15) is 4.79 Å². The molecule has 1 aromatic rings. The number of methoxy groups -OCH3 is 1. The van der Waals surface area contributed by atoms with Crippen LogP contribution in [0.15, 0.2) is 24.3 Å². The minimum atomic E-state index is -0.555. The van der Waals surface area contributed by atoms with Gasteiger partial charge < -0.3 is 10.1 Å². The smallest absolute Gasteiger partial charge is 0.327 e. The largest absolute Gasteiger partial charge is 0.468 e. The predicted octanol–water partition coefficient (Wildman–Crippen LogP) is 3.11. The summed E-state index contributed by atoms with van der Waals surface area (Å²) < 4.78 is 4.99. The Kier molecular flexibility index (Phi) is 5.35. The molecule has 110 valence electrons. The van der Waals surface area contributed by atoms with Crippen molar-refractivity contribution in [1.82, 2.24) is 5.32 Å². The van der Waals surface area contributed by atoms with Gasteiger partial charge in [-0.25, -0.2) is 0 Å². The zero-order valence-electron chi connectivity index (χ0n) is 11.8. The summed E-state index contributed by atoms with van der Waals surface area (Å²) in [6.45, 7) is 0. The molecule has 3 nitrogen and oxygen atoms in total. The molecule has 0 aliphatic heterocycles. The van der Waals surface area contributed by atoms with E-state index in [4.69, 9.17) is 16.3 Å². The lowest BCUT2D eigenvalue weighted by atomic mass is 9.96. The summed E-state index contributed by atoms with van der Waals surface area (Å²) in [4.78, 5) is 12.1. The Labute approximate surface area is 129 Å². The van der Waals surface area contributed by atoms with Gasteiger partial charge >= 0.3 is 5.97 Å². The molecule has 1 saturated carbocycles. The summed E-state index contributed by atoms with van der Waals surface area (Å²) in [5.74, 6) is 1.73. The number of hydrogen-bond donors (Lipinski definition) is 1. The van der Waals surface area contributed by atoms with Gasteiger partial charge in [-0.15, -0.1) is 0 Å². The summed E-state index contributed by atoms with van der Waals surface area (Å²) in [5.41, 5.74) is 0.547. The molecular weight excluding hydrogens is 294 g/mol. The average molecular weight is 314 g/mol. The molecule has 2 rings (SSSR count). The Morgan fingerprint density at radius 1 is 1.50 bits per heavy atom. The first-order chi connectivity index (χ1) is 9.64. The summed E-state index contributed by atoms with van der Waals surface area (Å²) in [5, 5.41) is 3.98. The fourth-order valence-electron chi connectivity index (χ4n) is 2.42. The Balaban J connectivity index is 1.99. The van der Waals surface area contributed by atoms with E-state index in [0.29, 0.717) is 11.7 Å². The van der Waals surface area contributed by atoms with Gasteiger partial charge in [-0.05, 0) is 37.4 Å². The van der Waals surface area contributed by atoms with Crippen molar-refractivity contribution in [3.05, 3.63) is 34.9 Å². The zero-order valence-corrected chi connectivity index (χ0v) is 13.4. The van der Waals surface area contributed by atoms with Crippen molar-refractivity contribution in [1.29, 1.82) is 0 Å². The third-order valence-corrected chi connectivity index (χ3v) is 5.36. The summed E-state index contributed by atoms with van der Waals surface area (Å²) >= 11 is 7.87. The van der Waals surface area contributed by atoms with Crippen molar-refractivity contribution in [3.8, 4) is 0 Å². The van der Waals surface area contributed by atoms with Crippen molar-refractivity contribution in [2.75, 3.05) is 19.9 Å². The highest BCUT2D eigenvalue weighted by atomic mass is 35.5. The average Bonchev–Trinajstić information content (AvgIpc) is 3.30. The minimum absolute atomic E-state index is 0.158. The van der Waals surface area contributed by atoms with E-state index in [1.54, 1.807) is 11.8 Å². The second-order valence-electron chi connectivity index (χ2n) is 5.07. The quantitative estimate of drug-likeness (QED) is 0.785. The standard InChI is InChI=1S/C15H20ClNO2S/c1-17-15(12-7-8-12,14(18)19-2)10-20-9-11-5-3-4-6-13(11)16/h3-6,12,17H,7-10H2,1-2H3. The SMILES string of the molecule is CNC(CSCc1ccccc1Cl)(C(=O)OC)C1CC1. The number of carbonyl (C=O) groups excluding carboxylic acids is 1. The number of rotatable bonds is 7. The first-order valence-electron chi connectivity index (χ1n) is 6.72. The molecule has 0 bridgehead atoms. The van der Waals surface area contributed by atoms with Crippen LogP contribution in [0.4, 0.5) is 0 Å². The van der Waals surface area contributed by atoms with Crippen LogP contribution in [0.1, 0.15) is 18.4 Å². The van der Waals surface area contributed by atoms with Gasteiger partial charge in [0, 0.05) is 16.5 Å². The number of thioether (sulfide) groups is 1. The molecule has 0 spiro atoms. The molecule has 1 aromatic carbocycles. The van der Waals surface area contributed by atoms with Crippen molar-refractivity contribution >= 4 is 29.3 Å². The van der Waals surface area contributed by atoms with Gasteiger partial charge in [0.1, 0.15) is 5.54 Å². The number of esters is 1. The van der Waals surface area contributed by atoms with Crippen molar-refractivity contribution in [2.24, 2.45) is 5.92 Å². The Morgan fingerprint density at radius 2 is 2.20 bits per heavy atom. The summed E-state index contributed by atoms with van der Waals surface area (Å²) in [7, 11) is 3.29. The fourth-order valence-corrected chi connectivity index (χ4v) is 4.09. The second kappa shape index (κ2) is 6.83. The number of carbonyl (C=O) groups is 1. The lowest BCUT2D eigenvalue weighted by Crippen LogP contribution is -2.55. The van der Waals surface area contributed by atoms with Crippen molar-refractivity contribution in [2.45, 2.75) is 24.1 Å². The maximum atomic E-state index is 12.1. The molecule has 0 amide bonds. The lowest BCUT2D eigenvalue weighted by Gasteiger charge is -2.30. The van der Waals surface area contributed by atoms with E-state index in [-0.39, 0.29) is 5.97 Å². The number of benzene rings is 1. The van der Waals surface area contributed by atoms with E-state index in [1.807, 2.05) is 31.3 Å². The Bertz CT molecular complexity index is 479. The highest BCUT2D eigenvalue weighted by molar-refractivity contribution is 7.98. The van der Waals surface area contributed by atoms with E-state index in [1.165, 1.54) is 7.11 Å². The Hall–Kier alpha value is -0.710. The third-order valence-electron chi connectivity index (χ3n) is 3.82. The van der Waals surface area contributed by atoms with Gasteiger partial charge in [-0.2, -0.15) is 11.8 Å². The van der Waals surface area contributed by atoms with Crippen molar-refractivity contribution in [3.63, 3.8) is 0 Å². The molecule has 1 aliphatic rings. The normalized spacial score (nSPS) is 17.6. The highest BCUT2D eigenvalue weighted by Crippen LogP contribution is 2.42. The lowest BCUT2D eigenvalue weighted by molar-refractivity contribution is -0.148. The third kappa shape index (κ3) is 3.30. The number of ether oxygens (including phenoxy) is 1. The summed E-state index contributed by atoms with van der Waals surface area (Å²) in [6.07, 6.45) is 2.17. The second-order valence-corrected chi connectivity index (χ2v) is 6.46. The zero-order chi connectivity index (χ0) is 14.6. The minimum Gasteiger partial charge on any atom is -0.468 e. The molecule has 1 N–H and O–H groups in total. The van der Waals surface area contributed by atoms with Gasteiger partial charge in [0.25, 0.3) is 0 Å². The van der Waals surface area contributed by atoms with E-state index >= 15 is 0 Å². The molecule has 0 saturated heterocycles. The van der Waals surface area contributed by atoms with Crippen LogP contribution >= 0.6 is 23.4 Å². The van der Waals surface area contributed by atoms with Crippen LogP contribution in [0.5, 0.6) is 0 Å². The number of likely N-dealkylation sites (N-methyl/N-ethyl adjacent to an activating group) is 1. The molecule has 1 atom stereocenters. The van der Waals surface area contributed by atoms with Crippen molar-refractivity contribution < 1.29 is 9.53 Å². The molecule has 0 radical (unpaired) electrons. The van der Waals surface area contributed by atoms with Gasteiger partial charge in [0.05, 0.1) is 7.11 Å². The van der Waals surface area contributed by atoms with Crippen LogP contribution in [0.25, 0.3) is 0 Å². The molecule has 5 heteroatoms. The van der Waals surface area contributed by atoms with Crippen LogP contribution in [0.2, 0.25) is 5.02 Å². The van der Waals surface area contributed by atoms with Crippen LogP contribution in [-0.2, 0) is 15.3 Å². The first-order valence-corrected chi connectivity index (χ1v) is 8.26. The topological polar surface area (TPSA) is 38.3 Å². The van der Waals surface area contributed by atoms with Gasteiger partial charge in [0.15, 0.2) is 0 Å². The monoisotopic (exact) mass is 313 g/mol.